The zero-order valence-electron chi connectivity index (χ0n) is 15.9. The van der Waals surface area contributed by atoms with E-state index < -0.39 is 0 Å². The van der Waals surface area contributed by atoms with E-state index in [0.717, 1.165) is 40.9 Å². The Hall–Kier alpha value is -2.72. The van der Waals surface area contributed by atoms with E-state index in [1.54, 1.807) is 14.2 Å². The van der Waals surface area contributed by atoms with Crippen LogP contribution in [0.25, 0.3) is 10.8 Å². The van der Waals surface area contributed by atoms with Gasteiger partial charge in [-0.25, -0.2) is 0 Å². The van der Waals surface area contributed by atoms with Crippen LogP contribution in [0, 0.1) is 0 Å². The van der Waals surface area contributed by atoms with Crippen molar-refractivity contribution in [3.63, 3.8) is 0 Å². The smallest absolute Gasteiger partial charge is 0.125 e. The van der Waals surface area contributed by atoms with E-state index in [0.29, 0.717) is 11.8 Å². The fourth-order valence-corrected chi connectivity index (χ4v) is 3.74. The minimum absolute atomic E-state index is 0.364. The van der Waals surface area contributed by atoms with Crippen molar-refractivity contribution in [2.24, 2.45) is 0 Å². The molecule has 4 rings (SSSR count). The van der Waals surface area contributed by atoms with Crippen molar-refractivity contribution >= 4 is 10.8 Å². The highest BCUT2D eigenvalue weighted by molar-refractivity contribution is 5.88. The standard InChI is InChI=1S/C23H25NO3/c1-26-19-9-3-16(4-10-19)14-24(18-7-8-18)15-22-21-13-20(27-2)11-5-17(21)6-12-23(22)25/h3-6,9-13,18,25H,7-8,14-15H2,1-2H3/p+1. The van der Waals surface area contributed by atoms with Gasteiger partial charge in [0.25, 0.3) is 0 Å². The van der Waals surface area contributed by atoms with E-state index in [2.05, 4.69) is 18.2 Å². The van der Waals surface area contributed by atoms with Gasteiger partial charge in [-0.2, -0.15) is 0 Å². The van der Waals surface area contributed by atoms with E-state index >= 15 is 0 Å². The quantitative estimate of drug-likeness (QED) is 0.676. The van der Waals surface area contributed by atoms with Crippen LogP contribution in [0.3, 0.4) is 0 Å². The predicted molar refractivity (Wildman–Crippen MR) is 107 cm³/mol. The van der Waals surface area contributed by atoms with Crippen LogP contribution in [0.4, 0.5) is 0 Å². The number of hydrogen-bond donors (Lipinski definition) is 2. The summed E-state index contributed by atoms with van der Waals surface area (Å²) in [4.78, 5) is 1.49. The minimum atomic E-state index is 0.364. The SMILES string of the molecule is COc1ccc(C[NH+](Cc2c(O)ccc3ccc(OC)cc23)C2CC2)cc1. The molecule has 4 heteroatoms. The average molecular weight is 364 g/mol. The number of phenols is 1. The first kappa shape index (κ1) is 17.7. The summed E-state index contributed by atoms with van der Waals surface area (Å²) in [6.45, 7) is 1.74. The number of methoxy groups -OCH3 is 2. The summed E-state index contributed by atoms with van der Waals surface area (Å²) in [5.41, 5.74) is 2.29. The molecule has 4 nitrogen and oxygen atoms in total. The van der Waals surface area contributed by atoms with E-state index in [-0.39, 0.29) is 0 Å². The number of nitrogens with one attached hydrogen (secondary N) is 1. The second-order valence-electron chi connectivity index (χ2n) is 7.28. The van der Waals surface area contributed by atoms with Gasteiger partial charge < -0.3 is 19.5 Å². The lowest BCUT2D eigenvalue weighted by Crippen LogP contribution is -3.10. The maximum atomic E-state index is 10.6. The van der Waals surface area contributed by atoms with E-state index in [1.807, 2.05) is 36.4 Å². The zero-order valence-corrected chi connectivity index (χ0v) is 15.9. The van der Waals surface area contributed by atoms with Gasteiger partial charge in [0.05, 0.1) is 25.8 Å². The molecule has 0 saturated heterocycles. The number of hydrogen-bond acceptors (Lipinski definition) is 3. The highest BCUT2D eigenvalue weighted by Crippen LogP contribution is 2.30. The lowest BCUT2D eigenvalue weighted by atomic mass is 10.0. The third-order valence-electron chi connectivity index (χ3n) is 5.46. The van der Waals surface area contributed by atoms with Crippen molar-refractivity contribution in [2.75, 3.05) is 14.2 Å². The Labute approximate surface area is 160 Å². The molecular formula is C23H26NO3+. The van der Waals surface area contributed by atoms with Gasteiger partial charge in [0, 0.05) is 18.4 Å². The molecule has 1 saturated carbocycles. The van der Waals surface area contributed by atoms with Crippen LogP contribution in [0.1, 0.15) is 24.0 Å². The molecule has 0 radical (unpaired) electrons. The Balaban J connectivity index is 1.64. The monoisotopic (exact) mass is 364 g/mol. The minimum Gasteiger partial charge on any atom is -0.507 e. The molecule has 0 aliphatic heterocycles. The molecule has 140 valence electrons. The van der Waals surface area contributed by atoms with Crippen LogP contribution < -0.4 is 14.4 Å². The molecule has 1 aliphatic carbocycles. The molecule has 1 aliphatic rings. The van der Waals surface area contributed by atoms with E-state index in [1.165, 1.54) is 23.3 Å². The van der Waals surface area contributed by atoms with Crippen molar-refractivity contribution in [3.8, 4) is 17.2 Å². The fraction of sp³-hybridized carbons (Fsp3) is 0.304. The molecule has 1 fully saturated rings. The summed E-state index contributed by atoms with van der Waals surface area (Å²) >= 11 is 0. The predicted octanol–water partition coefficient (Wildman–Crippen LogP) is 3.31. The van der Waals surface area contributed by atoms with Crippen molar-refractivity contribution in [1.82, 2.24) is 0 Å². The van der Waals surface area contributed by atoms with Crippen LogP contribution in [0.5, 0.6) is 17.2 Å². The number of fused-ring (bicyclic) bond motifs is 1. The summed E-state index contributed by atoms with van der Waals surface area (Å²) in [5.74, 6) is 2.06. The number of ether oxygens (including phenoxy) is 2. The molecule has 0 aromatic heterocycles. The summed E-state index contributed by atoms with van der Waals surface area (Å²) in [6.07, 6.45) is 2.50. The van der Waals surface area contributed by atoms with Gasteiger partial charge in [-0.15, -0.1) is 0 Å². The van der Waals surface area contributed by atoms with Crippen molar-refractivity contribution in [3.05, 3.63) is 65.7 Å². The molecule has 3 aromatic rings. The number of quaternary nitrogens is 1. The van der Waals surface area contributed by atoms with Crippen molar-refractivity contribution in [1.29, 1.82) is 0 Å². The normalized spacial score (nSPS) is 14.9. The lowest BCUT2D eigenvalue weighted by molar-refractivity contribution is -0.938. The van der Waals surface area contributed by atoms with E-state index in [4.69, 9.17) is 9.47 Å². The van der Waals surface area contributed by atoms with Crippen LogP contribution in [0.2, 0.25) is 0 Å². The lowest BCUT2D eigenvalue weighted by Gasteiger charge is -2.21. The molecule has 3 aromatic carbocycles. The van der Waals surface area contributed by atoms with Crippen molar-refractivity contribution in [2.45, 2.75) is 32.0 Å². The zero-order chi connectivity index (χ0) is 18.8. The molecule has 0 bridgehead atoms. The van der Waals surface area contributed by atoms with Crippen LogP contribution in [-0.2, 0) is 13.1 Å². The third kappa shape index (κ3) is 3.86. The van der Waals surface area contributed by atoms with Crippen LogP contribution in [0.15, 0.2) is 54.6 Å². The Morgan fingerprint density at radius 1 is 0.889 bits per heavy atom. The van der Waals surface area contributed by atoms with Crippen LogP contribution >= 0.6 is 0 Å². The summed E-state index contributed by atoms with van der Waals surface area (Å²) in [5, 5.41) is 12.8. The molecule has 0 heterocycles. The molecule has 2 N–H and O–H groups in total. The van der Waals surface area contributed by atoms with Gasteiger partial charge in [0.15, 0.2) is 0 Å². The number of rotatable bonds is 7. The highest BCUT2D eigenvalue weighted by Gasteiger charge is 2.34. The first-order valence-corrected chi connectivity index (χ1v) is 9.44. The summed E-state index contributed by atoms with van der Waals surface area (Å²) in [7, 11) is 3.36. The molecule has 27 heavy (non-hydrogen) atoms. The summed E-state index contributed by atoms with van der Waals surface area (Å²) in [6, 6.07) is 18.8. The largest absolute Gasteiger partial charge is 0.507 e. The second-order valence-corrected chi connectivity index (χ2v) is 7.28. The topological polar surface area (TPSA) is 43.1 Å². The van der Waals surface area contributed by atoms with Gasteiger partial charge in [-0.1, -0.05) is 12.1 Å². The van der Waals surface area contributed by atoms with Gasteiger partial charge in [0.1, 0.15) is 30.3 Å². The Bertz CT molecular complexity index is 932. The van der Waals surface area contributed by atoms with Gasteiger partial charge >= 0.3 is 0 Å². The Kier molecular flexibility index (Phi) is 4.90. The number of aromatic hydroxyl groups is 1. The van der Waals surface area contributed by atoms with Gasteiger partial charge in [0.2, 0.25) is 0 Å². The first-order valence-electron chi connectivity index (χ1n) is 9.44. The third-order valence-corrected chi connectivity index (χ3v) is 5.46. The number of benzene rings is 3. The average Bonchev–Trinajstić information content (AvgIpc) is 3.55. The fourth-order valence-electron chi connectivity index (χ4n) is 3.74. The van der Waals surface area contributed by atoms with Gasteiger partial charge in [-0.05, 0) is 53.2 Å². The highest BCUT2D eigenvalue weighted by atomic mass is 16.5. The molecule has 0 amide bonds. The molecule has 1 atom stereocenters. The Morgan fingerprint density at radius 3 is 2.22 bits per heavy atom. The first-order chi connectivity index (χ1) is 13.2. The maximum Gasteiger partial charge on any atom is 0.125 e. The maximum absolute atomic E-state index is 10.6. The number of phenolic OH excluding ortho intramolecular Hbond substituents is 1. The Morgan fingerprint density at radius 2 is 1.56 bits per heavy atom. The summed E-state index contributed by atoms with van der Waals surface area (Å²) < 4.78 is 10.7. The van der Waals surface area contributed by atoms with E-state index in [9.17, 15) is 5.11 Å². The van der Waals surface area contributed by atoms with Crippen LogP contribution in [-0.4, -0.2) is 25.4 Å². The molecule has 1 unspecified atom stereocenters. The molecule has 0 spiro atoms. The van der Waals surface area contributed by atoms with Gasteiger partial charge in [-0.3, -0.25) is 0 Å². The second kappa shape index (κ2) is 7.49. The van der Waals surface area contributed by atoms with Crippen molar-refractivity contribution < 1.29 is 19.5 Å². The molecular weight excluding hydrogens is 338 g/mol.